The van der Waals surface area contributed by atoms with Crippen molar-refractivity contribution in [1.29, 1.82) is 0 Å². The Morgan fingerprint density at radius 1 is 0.750 bits per heavy atom. The van der Waals surface area contributed by atoms with Crippen LogP contribution in [0.4, 0.5) is 18.9 Å². The molecule has 1 aromatic heterocycles. The van der Waals surface area contributed by atoms with Crippen molar-refractivity contribution in [2.75, 3.05) is 31.1 Å². The van der Waals surface area contributed by atoms with Gasteiger partial charge in [0.1, 0.15) is 0 Å². The number of alkyl halides is 3. The molecule has 1 aliphatic rings. The minimum Gasteiger partial charge on any atom is -0.369 e. The maximum Gasteiger partial charge on any atom is 0.416 e. The third kappa shape index (κ3) is 6.26. The summed E-state index contributed by atoms with van der Waals surface area (Å²) in [4.78, 5) is 4.53. The molecule has 0 saturated carbocycles. The Morgan fingerprint density at radius 2 is 1.36 bits per heavy atom. The van der Waals surface area contributed by atoms with Crippen LogP contribution in [0.3, 0.4) is 0 Å². The van der Waals surface area contributed by atoms with Crippen LogP contribution in [-0.4, -0.2) is 43.5 Å². The van der Waals surface area contributed by atoms with Crippen LogP contribution in [0, 0.1) is 0 Å². The number of rotatable bonds is 8. The van der Waals surface area contributed by atoms with Crippen LogP contribution >= 0.6 is 0 Å². The number of anilines is 1. The van der Waals surface area contributed by atoms with Gasteiger partial charge in [-0.15, -0.1) is 0 Å². The molecule has 0 atom stereocenters. The van der Waals surface area contributed by atoms with Crippen LogP contribution in [0.2, 0.25) is 0 Å². The average Bonchev–Trinajstić information content (AvgIpc) is 3.35. The van der Waals surface area contributed by atoms with Crippen LogP contribution < -0.4 is 4.90 Å². The molecule has 4 aromatic rings. The summed E-state index contributed by atoms with van der Waals surface area (Å²) in [6, 6.07) is 19.1. The molecular formula is C35H42F3N3O2S. The summed E-state index contributed by atoms with van der Waals surface area (Å²) in [7, 11) is -4.00. The SMILES string of the molecule is CC(C)c1cc(C(C)C)c(S(=O)(=O)n2c(CN3CCN(c4cccc(C(F)(F)F)c4)CC3)cc3ccccc32)c(C(C)C)c1. The van der Waals surface area contributed by atoms with Gasteiger partial charge in [0.2, 0.25) is 0 Å². The van der Waals surface area contributed by atoms with Gasteiger partial charge in [-0.2, -0.15) is 13.2 Å². The van der Waals surface area contributed by atoms with E-state index < -0.39 is 21.8 Å². The summed E-state index contributed by atoms with van der Waals surface area (Å²) in [5.74, 6) is 0.273. The van der Waals surface area contributed by atoms with Crippen LogP contribution in [0.1, 0.15) is 87.2 Å². The summed E-state index contributed by atoms with van der Waals surface area (Å²) in [5, 5.41) is 0.852. The number of nitrogens with zero attached hydrogens (tertiary/aromatic N) is 3. The third-order valence-electron chi connectivity index (χ3n) is 8.61. The van der Waals surface area contributed by atoms with Gasteiger partial charge in [0.15, 0.2) is 0 Å². The Hall–Kier alpha value is -3.30. The van der Waals surface area contributed by atoms with E-state index in [2.05, 4.69) is 30.9 Å². The van der Waals surface area contributed by atoms with Crippen molar-refractivity contribution < 1.29 is 21.6 Å². The van der Waals surface area contributed by atoms with Gasteiger partial charge in [0.25, 0.3) is 10.0 Å². The highest BCUT2D eigenvalue weighted by Gasteiger charge is 2.33. The second-order valence-electron chi connectivity index (χ2n) is 12.8. The first-order valence-corrected chi connectivity index (χ1v) is 16.8. The lowest BCUT2D eigenvalue weighted by Crippen LogP contribution is -2.46. The van der Waals surface area contributed by atoms with Gasteiger partial charge in [0.05, 0.1) is 16.0 Å². The largest absolute Gasteiger partial charge is 0.416 e. The number of benzene rings is 3. The van der Waals surface area contributed by atoms with Crippen LogP contribution in [0.15, 0.2) is 71.6 Å². The van der Waals surface area contributed by atoms with E-state index in [1.165, 1.54) is 16.1 Å². The second kappa shape index (κ2) is 12.2. The fraction of sp³-hybridized carbons (Fsp3) is 0.429. The summed E-state index contributed by atoms with van der Waals surface area (Å²) < 4.78 is 71.2. The van der Waals surface area contributed by atoms with Crippen molar-refractivity contribution in [2.45, 2.75) is 76.9 Å². The molecule has 0 spiro atoms. The Balaban J connectivity index is 1.52. The van der Waals surface area contributed by atoms with E-state index in [-0.39, 0.29) is 17.8 Å². The first kappa shape index (κ1) is 32.1. The Morgan fingerprint density at radius 3 is 1.93 bits per heavy atom. The maximum absolute atomic E-state index is 14.9. The summed E-state index contributed by atoms with van der Waals surface area (Å²) in [6.45, 7) is 15.1. The monoisotopic (exact) mass is 625 g/mol. The van der Waals surface area contributed by atoms with Crippen LogP contribution in [0.25, 0.3) is 10.9 Å². The topological polar surface area (TPSA) is 45.6 Å². The number of hydrogen-bond acceptors (Lipinski definition) is 4. The minimum atomic E-state index is -4.39. The zero-order valence-electron chi connectivity index (χ0n) is 26.3. The first-order chi connectivity index (χ1) is 20.7. The van der Waals surface area contributed by atoms with Gasteiger partial charge in [-0.25, -0.2) is 12.4 Å². The third-order valence-corrected chi connectivity index (χ3v) is 10.5. The van der Waals surface area contributed by atoms with Gasteiger partial charge in [-0.1, -0.05) is 77.9 Å². The van der Waals surface area contributed by atoms with Crippen molar-refractivity contribution >= 4 is 26.6 Å². The lowest BCUT2D eigenvalue weighted by molar-refractivity contribution is -0.137. The molecule has 0 aliphatic carbocycles. The van der Waals surface area contributed by atoms with Crippen molar-refractivity contribution in [3.05, 3.63) is 94.7 Å². The van der Waals surface area contributed by atoms with E-state index >= 15 is 0 Å². The second-order valence-corrected chi connectivity index (χ2v) is 14.5. The van der Waals surface area contributed by atoms with Gasteiger partial charge in [0, 0.05) is 49.5 Å². The normalized spacial score (nSPS) is 15.3. The van der Waals surface area contributed by atoms with Gasteiger partial charge < -0.3 is 4.90 Å². The molecule has 44 heavy (non-hydrogen) atoms. The molecule has 0 amide bonds. The van der Waals surface area contributed by atoms with Crippen molar-refractivity contribution in [3.8, 4) is 0 Å². The van der Waals surface area contributed by atoms with Crippen LogP contribution in [0.5, 0.6) is 0 Å². The van der Waals surface area contributed by atoms with E-state index in [0.717, 1.165) is 28.1 Å². The van der Waals surface area contributed by atoms with Crippen molar-refractivity contribution in [3.63, 3.8) is 0 Å². The fourth-order valence-corrected chi connectivity index (χ4v) is 8.34. The van der Waals surface area contributed by atoms with Crippen molar-refractivity contribution in [1.82, 2.24) is 8.87 Å². The quantitative estimate of drug-likeness (QED) is 0.197. The van der Waals surface area contributed by atoms with E-state index in [0.29, 0.717) is 54.5 Å². The molecule has 1 saturated heterocycles. The number of halogens is 3. The van der Waals surface area contributed by atoms with Crippen molar-refractivity contribution in [2.24, 2.45) is 0 Å². The number of piperazine rings is 1. The zero-order valence-corrected chi connectivity index (χ0v) is 27.1. The lowest BCUT2D eigenvalue weighted by Gasteiger charge is -2.36. The predicted molar refractivity (Wildman–Crippen MR) is 172 cm³/mol. The fourth-order valence-electron chi connectivity index (χ4n) is 6.13. The highest BCUT2D eigenvalue weighted by atomic mass is 32.2. The van der Waals surface area contributed by atoms with E-state index in [4.69, 9.17) is 0 Å². The molecule has 2 heterocycles. The zero-order chi connectivity index (χ0) is 32.0. The van der Waals surface area contributed by atoms with E-state index in [1.807, 2.05) is 62.9 Å². The van der Waals surface area contributed by atoms with Gasteiger partial charge >= 0.3 is 6.18 Å². The standard InChI is InChI=1S/C35H42F3N3O2S/c1-23(2)27-19-31(24(3)4)34(32(20-27)25(5)6)44(42,43)41-30(18-26-10-7-8-13-33(26)41)22-39-14-16-40(17-15-39)29-12-9-11-28(21-29)35(36,37)38/h7-13,18-21,23-25H,14-17,22H2,1-6H3. The molecule has 236 valence electrons. The van der Waals surface area contributed by atoms with Crippen LogP contribution in [-0.2, 0) is 22.7 Å². The first-order valence-electron chi connectivity index (χ1n) is 15.4. The molecule has 9 heteroatoms. The van der Waals surface area contributed by atoms with Gasteiger partial charge in [-0.3, -0.25) is 4.90 Å². The molecule has 0 bridgehead atoms. The minimum absolute atomic E-state index is 0.00479. The predicted octanol–water partition coefficient (Wildman–Crippen LogP) is 8.59. The number of fused-ring (bicyclic) bond motifs is 1. The maximum atomic E-state index is 14.9. The lowest BCUT2D eigenvalue weighted by atomic mass is 9.89. The molecule has 1 aliphatic heterocycles. The Bertz CT molecular complexity index is 1720. The molecule has 1 fully saturated rings. The molecule has 5 nitrogen and oxygen atoms in total. The molecule has 0 N–H and O–H groups in total. The summed E-state index contributed by atoms with van der Waals surface area (Å²) in [5.41, 5.74) is 4.00. The highest BCUT2D eigenvalue weighted by Crippen LogP contribution is 2.38. The number of hydrogen-bond donors (Lipinski definition) is 0. The highest BCUT2D eigenvalue weighted by molar-refractivity contribution is 7.90. The van der Waals surface area contributed by atoms with Gasteiger partial charge in [-0.05, 0) is 64.8 Å². The smallest absolute Gasteiger partial charge is 0.369 e. The molecule has 0 unspecified atom stereocenters. The van der Waals surface area contributed by atoms with E-state index in [1.54, 1.807) is 6.07 Å². The summed E-state index contributed by atoms with van der Waals surface area (Å²) >= 11 is 0. The number of aromatic nitrogens is 1. The molecule has 0 radical (unpaired) electrons. The molecule has 5 rings (SSSR count). The number of para-hydroxylation sites is 1. The molecule has 3 aromatic carbocycles. The molecular weight excluding hydrogens is 583 g/mol. The summed E-state index contributed by atoms with van der Waals surface area (Å²) in [6.07, 6.45) is -4.39. The van der Waals surface area contributed by atoms with E-state index in [9.17, 15) is 21.6 Å². The Kier molecular flexibility index (Phi) is 8.93. The Labute approximate surface area is 259 Å². The average molecular weight is 626 g/mol.